The van der Waals surface area contributed by atoms with Crippen LogP contribution < -0.4 is 10.0 Å². The van der Waals surface area contributed by atoms with Crippen molar-refractivity contribution in [2.45, 2.75) is 13.3 Å². The number of sulfonamides is 1. The van der Waals surface area contributed by atoms with Gasteiger partial charge in [-0.15, -0.1) is 0 Å². The second-order valence-electron chi connectivity index (χ2n) is 4.70. The third-order valence-electron chi connectivity index (χ3n) is 2.98. The fourth-order valence-corrected chi connectivity index (χ4v) is 3.10. The molecular formula is C11H14ClN3O3S. The first-order valence-electron chi connectivity index (χ1n) is 5.69. The van der Waals surface area contributed by atoms with Crippen LogP contribution in [0, 0.1) is 12.8 Å². The van der Waals surface area contributed by atoms with Crippen molar-refractivity contribution in [3.8, 4) is 0 Å². The second kappa shape index (κ2) is 5.07. The molecule has 1 aromatic heterocycles. The fourth-order valence-electron chi connectivity index (χ4n) is 2.12. The van der Waals surface area contributed by atoms with Crippen LogP contribution in [0.25, 0.3) is 0 Å². The van der Waals surface area contributed by atoms with Crippen LogP contribution in [0.15, 0.2) is 12.3 Å². The van der Waals surface area contributed by atoms with E-state index in [0.29, 0.717) is 17.4 Å². The summed E-state index contributed by atoms with van der Waals surface area (Å²) in [7, 11) is -3.57. The van der Waals surface area contributed by atoms with E-state index in [9.17, 15) is 13.2 Å². The second-order valence-corrected chi connectivity index (χ2v) is 6.76. The van der Waals surface area contributed by atoms with Crippen molar-refractivity contribution < 1.29 is 13.2 Å². The van der Waals surface area contributed by atoms with Crippen molar-refractivity contribution in [1.29, 1.82) is 0 Å². The molecule has 0 radical (unpaired) electrons. The predicted octanol–water partition coefficient (Wildman–Crippen LogP) is 0.685. The zero-order valence-corrected chi connectivity index (χ0v) is 11.9. The molecule has 1 fully saturated rings. The monoisotopic (exact) mass is 303 g/mol. The molecule has 1 amide bonds. The molecule has 1 aromatic rings. The smallest absolute Gasteiger partial charge is 0.228 e. The van der Waals surface area contributed by atoms with Crippen molar-refractivity contribution in [3.05, 3.63) is 22.8 Å². The molecule has 1 aliphatic rings. The Morgan fingerprint density at radius 2 is 2.26 bits per heavy atom. The summed E-state index contributed by atoms with van der Waals surface area (Å²) in [5.41, 5.74) is 0.814. The fraction of sp³-hybridized carbons (Fsp3) is 0.455. The summed E-state index contributed by atoms with van der Waals surface area (Å²) in [6.45, 7) is 2.12. The van der Waals surface area contributed by atoms with Gasteiger partial charge in [-0.2, -0.15) is 0 Å². The molecule has 2 rings (SSSR count). The number of halogens is 1. The maximum Gasteiger partial charge on any atom is 0.228 e. The molecule has 19 heavy (non-hydrogen) atoms. The predicted molar refractivity (Wildman–Crippen MR) is 72.4 cm³/mol. The highest BCUT2D eigenvalue weighted by Gasteiger charge is 2.33. The number of nitrogens with two attached hydrogens (primary N) is 1. The summed E-state index contributed by atoms with van der Waals surface area (Å²) in [4.78, 5) is 17.5. The zero-order chi connectivity index (χ0) is 14.2. The number of carbonyl (C=O) groups excluding carboxylic acids is 1. The van der Waals surface area contributed by atoms with Crippen LogP contribution in [0.3, 0.4) is 0 Å². The molecule has 0 aromatic carbocycles. The van der Waals surface area contributed by atoms with Gasteiger partial charge in [0.2, 0.25) is 15.9 Å². The first kappa shape index (κ1) is 14.2. The third kappa shape index (κ3) is 3.43. The van der Waals surface area contributed by atoms with Crippen LogP contribution >= 0.6 is 11.6 Å². The van der Waals surface area contributed by atoms with E-state index in [2.05, 4.69) is 4.98 Å². The number of aromatic nitrogens is 1. The van der Waals surface area contributed by atoms with Gasteiger partial charge in [0.25, 0.3) is 0 Å². The van der Waals surface area contributed by atoms with Gasteiger partial charge in [-0.3, -0.25) is 9.69 Å². The van der Waals surface area contributed by atoms with E-state index >= 15 is 0 Å². The largest absolute Gasteiger partial charge is 0.296 e. The number of hydrogen-bond acceptors (Lipinski definition) is 4. The van der Waals surface area contributed by atoms with E-state index in [0.717, 1.165) is 5.56 Å². The number of anilines is 1. The Morgan fingerprint density at radius 3 is 2.84 bits per heavy atom. The minimum absolute atomic E-state index is 0.150. The topological polar surface area (TPSA) is 93.4 Å². The van der Waals surface area contributed by atoms with Crippen molar-refractivity contribution in [2.24, 2.45) is 11.1 Å². The highest BCUT2D eigenvalue weighted by atomic mass is 35.5. The van der Waals surface area contributed by atoms with Gasteiger partial charge in [0.1, 0.15) is 5.82 Å². The lowest BCUT2D eigenvalue weighted by Crippen LogP contribution is -2.28. The summed E-state index contributed by atoms with van der Waals surface area (Å²) < 4.78 is 22.1. The normalized spacial score (nSPS) is 20.1. The molecule has 1 aliphatic heterocycles. The average Bonchev–Trinajstić information content (AvgIpc) is 2.61. The summed E-state index contributed by atoms with van der Waals surface area (Å²) >= 11 is 5.88. The highest BCUT2D eigenvalue weighted by Crippen LogP contribution is 2.26. The molecule has 2 heterocycles. The average molecular weight is 304 g/mol. The number of pyridine rings is 1. The van der Waals surface area contributed by atoms with E-state index in [1.54, 1.807) is 6.07 Å². The molecule has 6 nitrogen and oxygen atoms in total. The molecule has 2 N–H and O–H groups in total. The zero-order valence-electron chi connectivity index (χ0n) is 10.3. The van der Waals surface area contributed by atoms with E-state index in [1.807, 2.05) is 6.92 Å². The van der Waals surface area contributed by atoms with Crippen molar-refractivity contribution in [2.75, 3.05) is 17.2 Å². The number of primary sulfonamides is 1. The lowest BCUT2D eigenvalue weighted by molar-refractivity contribution is -0.117. The number of hydrogen-bond donors (Lipinski definition) is 1. The van der Waals surface area contributed by atoms with Gasteiger partial charge in [0.15, 0.2) is 0 Å². The molecule has 8 heteroatoms. The van der Waals surface area contributed by atoms with E-state index in [1.165, 1.54) is 11.1 Å². The Labute approximate surface area is 116 Å². The number of amides is 1. The maximum absolute atomic E-state index is 11.9. The Balaban J connectivity index is 2.18. The first-order chi connectivity index (χ1) is 8.76. The number of carbonyl (C=O) groups is 1. The lowest BCUT2D eigenvalue weighted by Gasteiger charge is -2.16. The van der Waals surface area contributed by atoms with E-state index < -0.39 is 10.0 Å². The summed E-state index contributed by atoms with van der Waals surface area (Å²) in [5, 5.41) is 5.52. The van der Waals surface area contributed by atoms with Crippen molar-refractivity contribution in [3.63, 3.8) is 0 Å². The molecule has 0 aliphatic carbocycles. The molecular weight excluding hydrogens is 290 g/mol. The molecule has 1 atom stereocenters. The van der Waals surface area contributed by atoms with Crippen LogP contribution in [0.2, 0.25) is 5.02 Å². The molecule has 0 spiro atoms. The van der Waals surface area contributed by atoms with Gasteiger partial charge in [-0.05, 0) is 18.6 Å². The molecule has 0 bridgehead atoms. The number of rotatable bonds is 3. The molecule has 1 unspecified atom stereocenters. The number of aryl methyl sites for hydroxylation is 1. The van der Waals surface area contributed by atoms with Crippen LogP contribution in [0.5, 0.6) is 0 Å². The van der Waals surface area contributed by atoms with Crippen molar-refractivity contribution in [1.82, 2.24) is 4.98 Å². The highest BCUT2D eigenvalue weighted by molar-refractivity contribution is 7.89. The van der Waals surface area contributed by atoms with Crippen LogP contribution in [0.1, 0.15) is 12.0 Å². The Morgan fingerprint density at radius 1 is 1.58 bits per heavy atom. The number of nitrogens with zero attached hydrogens (tertiary/aromatic N) is 2. The van der Waals surface area contributed by atoms with Gasteiger partial charge in [-0.25, -0.2) is 18.5 Å². The van der Waals surface area contributed by atoms with Crippen LogP contribution in [-0.4, -0.2) is 31.6 Å². The maximum atomic E-state index is 11.9. The summed E-state index contributed by atoms with van der Waals surface area (Å²) in [6, 6.07) is 1.71. The van der Waals surface area contributed by atoms with E-state index in [-0.39, 0.29) is 24.0 Å². The molecule has 1 saturated heterocycles. The Kier molecular flexibility index (Phi) is 3.80. The van der Waals surface area contributed by atoms with Crippen LogP contribution in [0.4, 0.5) is 5.82 Å². The van der Waals surface area contributed by atoms with Gasteiger partial charge in [0.05, 0.1) is 10.8 Å². The lowest BCUT2D eigenvalue weighted by atomic mass is 10.1. The van der Waals surface area contributed by atoms with Gasteiger partial charge in [0, 0.05) is 25.1 Å². The van der Waals surface area contributed by atoms with E-state index in [4.69, 9.17) is 16.7 Å². The van der Waals surface area contributed by atoms with Crippen molar-refractivity contribution >= 4 is 33.3 Å². The quantitative estimate of drug-likeness (QED) is 0.888. The SMILES string of the molecule is Cc1cc(N2CC(CS(N)(=O)=O)CC2=O)ncc1Cl. The standard InChI is InChI=1S/C11H14ClN3O3S/c1-7-2-10(14-4-9(7)12)15-5-8(3-11(15)16)6-19(13,17)18/h2,4,8H,3,5-6H2,1H3,(H2,13,17,18). The third-order valence-corrected chi connectivity index (χ3v) is 4.31. The van der Waals surface area contributed by atoms with Crippen LogP contribution in [-0.2, 0) is 14.8 Å². The Bertz CT molecular complexity index is 618. The van der Waals surface area contributed by atoms with Gasteiger partial charge >= 0.3 is 0 Å². The van der Waals surface area contributed by atoms with Gasteiger partial charge < -0.3 is 0 Å². The van der Waals surface area contributed by atoms with Gasteiger partial charge in [-0.1, -0.05) is 11.6 Å². The summed E-state index contributed by atoms with van der Waals surface area (Å²) in [6.07, 6.45) is 1.65. The summed E-state index contributed by atoms with van der Waals surface area (Å²) in [5.74, 6) is -0.145. The minimum atomic E-state index is -3.57. The molecule has 0 saturated carbocycles. The first-order valence-corrected chi connectivity index (χ1v) is 7.78. The molecule has 104 valence electrons. The minimum Gasteiger partial charge on any atom is -0.296 e. The Hall–Kier alpha value is -1.18.